The van der Waals surface area contributed by atoms with Crippen molar-refractivity contribution in [2.75, 3.05) is 14.2 Å². The van der Waals surface area contributed by atoms with Crippen LogP contribution in [0.15, 0.2) is 12.1 Å². The van der Waals surface area contributed by atoms with Crippen molar-refractivity contribution in [2.24, 2.45) is 11.3 Å². The van der Waals surface area contributed by atoms with Gasteiger partial charge in [-0.3, -0.25) is 9.59 Å². The second kappa shape index (κ2) is 5.08. The minimum atomic E-state index is -0.390. The Bertz CT molecular complexity index is 689. The summed E-state index contributed by atoms with van der Waals surface area (Å²) >= 11 is 0. The van der Waals surface area contributed by atoms with Crippen molar-refractivity contribution in [2.45, 2.75) is 45.4 Å². The van der Waals surface area contributed by atoms with Gasteiger partial charge in [0.1, 0.15) is 0 Å². The smallest absolute Gasteiger partial charge is 0.229 e. The van der Waals surface area contributed by atoms with Gasteiger partial charge in [-0.1, -0.05) is 27.2 Å². The molecule has 2 aliphatic rings. The number of rotatable bonds is 2. The summed E-state index contributed by atoms with van der Waals surface area (Å²) < 4.78 is 10.7. The SMILES string of the molecule is COc1cc2c(cc1OC)[C@@]1(C)CCCC(C)(C)[C@H]1C(=O)C2=O. The number of hydrogen-bond donors (Lipinski definition) is 0. The summed E-state index contributed by atoms with van der Waals surface area (Å²) in [6.07, 6.45) is 2.92. The maximum atomic E-state index is 12.9. The normalized spacial score (nSPS) is 28.8. The van der Waals surface area contributed by atoms with Gasteiger partial charge in [0, 0.05) is 16.9 Å². The van der Waals surface area contributed by atoms with Crippen LogP contribution in [0.3, 0.4) is 0 Å². The molecule has 0 saturated heterocycles. The second-order valence-corrected chi connectivity index (χ2v) is 7.64. The van der Waals surface area contributed by atoms with Crippen molar-refractivity contribution >= 4 is 11.6 Å². The van der Waals surface area contributed by atoms with E-state index in [4.69, 9.17) is 9.47 Å². The topological polar surface area (TPSA) is 52.6 Å². The van der Waals surface area contributed by atoms with Crippen molar-refractivity contribution in [3.05, 3.63) is 23.3 Å². The summed E-state index contributed by atoms with van der Waals surface area (Å²) in [7, 11) is 3.12. The largest absolute Gasteiger partial charge is 0.493 e. The molecule has 4 nitrogen and oxygen atoms in total. The van der Waals surface area contributed by atoms with Crippen LogP contribution in [0.5, 0.6) is 11.5 Å². The van der Waals surface area contributed by atoms with E-state index in [1.807, 2.05) is 6.07 Å². The standard InChI is InChI=1S/C19H24O4/c1-18(2)7-6-8-19(3)12-10-14(23-5)13(22-4)9-11(12)15(20)16(21)17(18)19/h9-10,17H,6-8H2,1-5H3/t17-,19-/m1/s1. The molecule has 0 heterocycles. The monoisotopic (exact) mass is 316 g/mol. The van der Waals surface area contributed by atoms with Gasteiger partial charge in [-0.15, -0.1) is 0 Å². The van der Waals surface area contributed by atoms with Gasteiger partial charge in [-0.05, 0) is 36.0 Å². The average molecular weight is 316 g/mol. The van der Waals surface area contributed by atoms with Crippen LogP contribution in [0.25, 0.3) is 0 Å². The number of carbonyl (C=O) groups is 2. The minimum absolute atomic E-state index is 0.176. The van der Waals surface area contributed by atoms with Crippen LogP contribution in [0.2, 0.25) is 0 Å². The summed E-state index contributed by atoms with van der Waals surface area (Å²) in [5.74, 6) is 0.179. The van der Waals surface area contributed by atoms with Gasteiger partial charge in [0.15, 0.2) is 11.5 Å². The van der Waals surface area contributed by atoms with E-state index in [1.54, 1.807) is 13.2 Å². The van der Waals surface area contributed by atoms with Gasteiger partial charge in [-0.25, -0.2) is 0 Å². The first-order valence-corrected chi connectivity index (χ1v) is 8.11. The summed E-state index contributed by atoms with van der Waals surface area (Å²) in [6, 6.07) is 3.56. The van der Waals surface area contributed by atoms with Gasteiger partial charge in [0.25, 0.3) is 0 Å². The Morgan fingerprint density at radius 2 is 1.61 bits per heavy atom. The molecule has 23 heavy (non-hydrogen) atoms. The molecule has 0 spiro atoms. The van der Waals surface area contributed by atoms with Crippen molar-refractivity contribution in [1.29, 1.82) is 0 Å². The van der Waals surface area contributed by atoms with Crippen molar-refractivity contribution < 1.29 is 19.1 Å². The Balaban J connectivity index is 2.28. The first kappa shape index (κ1) is 16.0. The molecule has 4 heteroatoms. The molecule has 0 unspecified atom stereocenters. The second-order valence-electron chi connectivity index (χ2n) is 7.64. The van der Waals surface area contributed by atoms with E-state index < -0.39 is 5.78 Å². The zero-order valence-corrected chi connectivity index (χ0v) is 14.5. The highest BCUT2D eigenvalue weighted by molar-refractivity contribution is 6.46. The molecular weight excluding hydrogens is 292 g/mol. The summed E-state index contributed by atoms with van der Waals surface area (Å²) in [5.41, 5.74) is 0.897. The van der Waals surface area contributed by atoms with Gasteiger partial charge >= 0.3 is 0 Å². The van der Waals surface area contributed by atoms with Crippen LogP contribution in [-0.4, -0.2) is 25.8 Å². The van der Waals surface area contributed by atoms with E-state index >= 15 is 0 Å². The highest BCUT2D eigenvalue weighted by atomic mass is 16.5. The molecule has 3 rings (SSSR count). The van der Waals surface area contributed by atoms with Gasteiger partial charge in [0.05, 0.1) is 14.2 Å². The van der Waals surface area contributed by atoms with Crippen LogP contribution in [0.1, 0.15) is 56.0 Å². The summed E-state index contributed by atoms with van der Waals surface area (Å²) in [4.78, 5) is 25.6. The maximum absolute atomic E-state index is 12.9. The fourth-order valence-electron chi connectivity index (χ4n) is 4.80. The lowest BCUT2D eigenvalue weighted by atomic mass is 9.50. The molecule has 2 aliphatic carbocycles. The lowest BCUT2D eigenvalue weighted by Crippen LogP contribution is -2.54. The fraction of sp³-hybridized carbons (Fsp3) is 0.579. The molecule has 0 amide bonds. The van der Waals surface area contributed by atoms with Crippen molar-refractivity contribution in [3.8, 4) is 11.5 Å². The van der Waals surface area contributed by atoms with E-state index in [0.29, 0.717) is 17.1 Å². The van der Waals surface area contributed by atoms with Gasteiger partial charge in [-0.2, -0.15) is 0 Å². The quantitative estimate of drug-likeness (QED) is 0.783. The molecular formula is C19H24O4. The average Bonchev–Trinajstić information content (AvgIpc) is 2.50. The highest BCUT2D eigenvalue weighted by Crippen LogP contribution is 2.56. The van der Waals surface area contributed by atoms with E-state index in [9.17, 15) is 9.59 Å². The number of fused-ring (bicyclic) bond motifs is 3. The Morgan fingerprint density at radius 1 is 1.00 bits per heavy atom. The number of benzene rings is 1. The lowest BCUT2D eigenvalue weighted by Gasteiger charge is -2.52. The molecule has 1 fully saturated rings. The maximum Gasteiger partial charge on any atom is 0.229 e. The zero-order valence-electron chi connectivity index (χ0n) is 14.5. The molecule has 124 valence electrons. The van der Waals surface area contributed by atoms with E-state index in [1.165, 1.54) is 7.11 Å². The van der Waals surface area contributed by atoms with E-state index in [2.05, 4.69) is 20.8 Å². The van der Waals surface area contributed by atoms with E-state index in [0.717, 1.165) is 24.8 Å². The highest BCUT2D eigenvalue weighted by Gasteiger charge is 2.56. The zero-order chi connectivity index (χ0) is 17.0. The van der Waals surface area contributed by atoms with Crippen LogP contribution in [0.4, 0.5) is 0 Å². The van der Waals surface area contributed by atoms with Crippen LogP contribution in [-0.2, 0) is 10.2 Å². The lowest BCUT2D eigenvalue weighted by molar-refractivity contribution is -0.128. The molecule has 0 N–H and O–H groups in total. The Labute approximate surface area is 137 Å². The number of methoxy groups -OCH3 is 2. The van der Waals surface area contributed by atoms with Crippen molar-refractivity contribution in [1.82, 2.24) is 0 Å². The number of Topliss-reactive ketones (excluding diaryl/α,β-unsaturated/α-hetero) is 2. The first-order chi connectivity index (χ1) is 10.8. The molecule has 0 aliphatic heterocycles. The fourth-order valence-corrected chi connectivity index (χ4v) is 4.80. The number of hydrogen-bond acceptors (Lipinski definition) is 4. The van der Waals surface area contributed by atoms with Crippen LogP contribution >= 0.6 is 0 Å². The molecule has 0 bridgehead atoms. The predicted octanol–water partition coefficient (Wildman–Crippen LogP) is 3.55. The molecule has 1 saturated carbocycles. The first-order valence-electron chi connectivity index (χ1n) is 8.11. The van der Waals surface area contributed by atoms with Gasteiger partial charge in [0.2, 0.25) is 11.6 Å². The summed E-state index contributed by atoms with van der Waals surface area (Å²) in [5, 5.41) is 0. The third-order valence-corrected chi connectivity index (χ3v) is 5.81. The number of carbonyl (C=O) groups excluding carboxylic acids is 2. The third-order valence-electron chi connectivity index (χ3n) is 5.81. The Kier molecular flexibility index (Phi) is 3.54. The van der Waals surface area contributed by atoms with E-state index in [-0.39, 0.29) is 22.5 Å². The van der Waals surface area contributed by atoms with Crippen LogP contribution in [0, 0.1) is 11.3 Å². The number of ether oxygens (including phenoxy) is 2. The predicted molar refractivity (Wildman–Crippen MR) is 87.4 cm³/mol. The Hall–Kier alpha value is -1.84. The summed E-state index contributed by atoms with van der Waals surface area (Å²) in [6.45, 7) is 6.33. The Morgan fingerprint density at radius 3 is 2.22 bits per heavy atom. The third kappa shape index (κ3) is 2.11. The van der Waals surface area contributed by atoms with Crippen LogP contribution < -0.4 is 9.47 Å². The molecule has 1 aromatic carbocycles. The molecule has 1 aromatic rings. The molecule has 2 atom stereocenters. The minimum Gasteiger partial charge on any atom is -0.493 e. The molecule has 0 radical (unpaired) electrons. The van der Waals surface area contributed by atoms with Gasteiger partial charge < -0.3 is 9.47 Å². The molecule has 0 aromatic heterocycles. The number of ketones is 2. The van der Waals surface area contributed by atoms with Crippen molar-refractivity contribution in [3.63, 3.8) is 0 Å².